The van der Waals surface area contributed by atoms with Crippen LogP contribution >= 0.6 is 0 Å². The maximum absolute atomic E-state index is 11.2. The van der Waals surface area contributed by atoms with Gasteiger partial charge < -0.3 is 20.1 Å². The van der Waals surface area contributed by atoms with Crippen LogP contribution in [0, 0.1) is 0 Å². The van der Waals surface area contributed by atoms with E-state index in [4.69, 9.17) is 9.84 Å². The summed E-state index contributed by atoms with van der Waals surface area (Å²) < 4.78 is 4.78. The Balaban J connectivity index is 3.18. The standard InChI is InChI=1S/C9H12O5/c1-5(10)9(13)4-6(11)3-7(12)8(9)14-2/h3-4,8,11-13H,1-2H3. The van der Waals surface area contributed by atoms with E-state index in [0.717, 1.165) is 19.1 Å². The fourth-order valence-corrected chi connectivity index (χ4v) is 1.38. The summed E-state index contributed by atoms with van der Waals surface area (Å²) in [4.78, 5) is 11.2. The van der Waals surface area contributed by atoms with Crippen molar-refractivity contribution in [1.29, 1.82) is 0 Å². The molecule has 78 valence electrons. The summed E-state index contributed by atoms with van der Waals surface area (Å²) in [6, 6.07) is 0. The third-order valence-electron chi connectivity index (χ3n) is 2.13. The molecule has 0 spiro atoms. The molecule has 0 saturated carbocycles. The lowest BCUT2D eigenvalue weighted by Crippen LogP contribution is -2.50. The lowest BCUT2D eigenvalue weighted by molar-refractivity contribution is -0.143. The number of ketones is 1. The van der Waals surface area contributed by atoms with Crippen LogP contribution in [0.1, 0.15) is 6.92 Å². The largest absolute Gasteiger partial charge is 0.509 e. The van der Waals surface area contributed by atoms with Crippen LogP contribution < -0.4 is 0 Å². The van der Waals surface area contributed by atoms with Gasteiger partial charge in [-0.3, -0.25) is 4.79 Å². The Morgan fingerprint density at radius 3 is 2.57 bits per heavy atom. The second kappa shape index (κ2) is 3.43. The van der Waals surface area contributed by atoms with Gasteiger partial charge in [-0.05, 0) is 13.0 Å². The third-order valence-corrected chi connectivity index (χ3v) is 2.13. The maximum Gasteiger partial charge on any atom is 0.178 e. The quantitative estimate of drug-likeness (QED) is 0.593. The van der Waals surface area contributed by atoms with Crippen molar-refractivity contribution in [3.63, 3.8) is 0 Å². The van der Waals surface area contributed by atoms with Gasteiger partial charge in [0.15, 0.2) is 17.5 Å². The summed E-state index contributed by atoms with van der Waals surface area (Å²) >= 11 is 0. The second-order valence-electron chi connectivity index (χ2n) is 3.14. The minimum atomic E-state index is -2.00. The molecule has 0 saturated heterocycles. The summed E-state index contributed by atoms with van der Waals surface area (Å²) in [5.41, 5.74) is -2.00. The summed E-state index contributed by atoms with van der Waals surface area (Å²) in [6.07, 6.45) is 0.797. The summed E-state index contributed by atoms with van der Waals surface area (Å²) in [5.74, 6) is -1.37. The van der Waals surface area contributed by atoms with Crippen LogP contribution in [0.3, 0.4) is 0 Å². The Kier molecular flexibility index (Phi) is 2.64. The molecule has 14 heavy (non-hydrogen) atoms. The monoisotopic (exact) mass is 200 g/mol. The van der Waals surface area contributed by atoms with Gasteiger partial charge in [0.25, 0.3) is 0 Å². The molecule has 0 bridgehead atoms. The predicted octanol–water partition coefficient (Wildman–Crippen LogP) is 0.219. The van der Waals surface area contributed by atoms with Crippen molar-refractivity contribution >= 4 is 5.78 Å². The number of ether oxygens (including phenoxy) is 1. The number of aliphatic hydroxyl groups excluding tert-OH is 2. The normalized spacial score (nSPS) is 32.1. The van der Waals surface area contributed by atoms with Crippen LogP contribution in [0.4, 0.5) is 0 Å². The highest BCUT2D eigenvalue weighted by atomic mass is 16.5. The van der Waals surface area contributed by atoms with Gasteiger partial charge in [0.1, 0.15) is 11.5 Å². The highest BCUT2D eigenvalue weighted by molar-refractivity contribution is 5.88. The van der Waals surface area contributed by atoms with Crippen molar-refractivity contribution in [2.75, 3.05) is 7.11 Å². The Labute approximate surface area is 80.9 Å². The SMILES string of the molecule is COC1C(O)=CC(O)=CC1(O)C(C)=O. The van der Waals surface area contributed by atoms with Crippen molar-refractivity contribution in [3.05, 3.63) is 23.7 Å². The van der Waals surface area contributed by atoms with E-state index in [1.54, 1.807) is 0 Å². The fraction of sp³-hybridized carbons (Fsp3) is 0.444. The molecule has 2 unspecified atom stereocenters. The zero-order chi connectivity index (χ0) is 10.9. The number of allylic oxidation sites excluding steroid dienone is 1. The number of aliphatic hydroxyl groups is 3. The number of hydrogen-bond acceptors (Lipinski definition) is 5. The molecule has 5 nitrogen and oxygen atoms in total. The summed E-state index contributed by atoms with van der Waals surface area (Å²) in [7, 11) is 1.25. The first kappa shape index (κ1) is 10.7. The Morgan fingerprint density at radius 2 is 2.14 bits per heavy atom. The Morgan fingerprint density at radius 1 is 1.57 bits per heavy atom. The smallest absolute Gasteiger partial charge is 0.178 e. The number of methoxy groups -OCH3 is 1. The molecular weight excluding hydrogens is 188 g/mol. The molecule has 1 aliphatic rings. The van der Waals surface area contributed by atoms with Gasteiger partial charge in [-0.2, -0.15) is 0 Å². The molecule has 1 rings (SSSR count). The second-order valence-corrected chi connectivity index (χ2v) is 3.14. The number of Topliss-reactive ketones (excluding diaryl/α,β-unsaturated/α-hetero) is 1. The first-order chi connectivity index (χ1) is 6.41. The molecule has 2 atom stereocenters. The molecule has 0 fully saturated rings. The lowest BCUT2D eigenvalue weighted by atomic mass is 9.87. The van der Waals surface area contributed by atoms with Crippen molar-refractivity contribution in [2.24, 2.45) is 0 Å². The summed E-state index contributed by atoms with van der Waals surface area (Å²) in [6.45, 7) is 1.15. The van der Waals surface area contributed by atoms with E-state index in [1.807, 2.05) is 0 Å². The minimum Gasteiger partial charge on any atom is -0.509 e. The zero-order valence-corrected chi connectivity index (χ0v) is 7.89. The van der Waals surface area contributed by atoms with Gasteiger partial charge in [0.2, 0.25) is 0 Å². The fourth-order valence-electron chi connectivity index (χ4n) is 1.38. The van der Waals surface area contributed by atoms with Crippen molar-refractivity contribution in [1.82, 2.24) is 0 Å². The number of carbonyl (C=O) groups excluding carboxylic acids is 1. The molecule has 0 amide bonds. The van der Waals surface area contributed by atoms with Gasteiger partial charge in [0, 0.05) is 13.2 Å². The minimum absolute atomic E-state index is 0.367. The van der Waals surface area contributed by atoms with E-state index >= 15 is 0 Å². The molecule has 0 aliphatic heterocycles. The number of rotatable bonds is 2. The highest BCUT2D eigenvalue weighted by Gasteiger charge is 2.45. The first-order valence-electron chi connectivity index (χ1n) is 4.00. The van der Waals surface area contributed by atoms with E-state index in [1.165, 1.54) is 7.11 Å². The predicted molar refractivity (Wildman–Crippen MR) is 47.9 cm³/mol. The van der Waals surface area contributed by atoms with Crippen molar-refractivity contribution < 1.29 is 24.9 Å². The topological polar surface area (TPSA) is 87.0 Å². The van der Waals surface area contributed by atoms with E-state index in [0.29, 0.717) is 0 Å². The average Bonchev–Trinajstić information content (AvgIpc) is 2.02. The molecule has 5 heteroatoms. The van der Waals surface area contributed by atoms with Crippen LogP contribution in [0.5, 0.6) is 0 Å². The Bertz CT molecular complexity index is 317. The van der Waals surface area contributed by atoms with Gasteiger partial charge >= 0.3 is 0 Å². The molecule has 0 aromatic carbocycles. The van der Waals surface area contributed by atoms with Crippen LogP contribution in [0.25, 0.3) is 0 Å². The molecule has 3 N–H and O–H groups in total. The number of hydrogen-bond donors (Lipinski definition) is 3. The van der Waals surface area contributed by atoms with Gasteiger partial charge in [-0.25, -0.2) is 0 Å². The molecule has 1 aliphatic carbocycles. The number of carbonyl (C=O) groups is 1. The average molecular weight is 200 g/mol. The van der Waals surface area contributed by atoms with Gasteiger partial charge in [-0.1, -0.05) is 0 Å². The maximum atomic E-state index is 11.2. The van der Waals surface area contributed by atoms with Crippen molar-refractivity contribution in [2.45, 2.75) is 18.6 Å². The first-order valence-corrected chi connectivity index (χ1v) is 4.00. The molecule has 0 aromatic heterocycles. The molecular formula is C9H12O5. The highest BCUT2D eigenvalue weighted by Crippen LogP contribution is 2.27. The van der Waals surface area contributed by atoms with E-state index < -0.39 is 17.5 Å². The summed E-state index contributed by atoms with van der Waals surface area (Å²) in [5, 5.41) is 28.3. The molecule has 0 aromatic rings. The third kappa shape index (κ3) is 1.51. The van der Waals surface area contributed by atoms with Crippen LogP contribution in [-0.2, 0) is 9.53 Å². The van der Waals surface area contributed by atoms with E-state index in [9.17, 15) is 15.0 Å². The lowest BCUT2D eigenvalue weighted by Gasteiger charge is -2.32. The Hall–Kier alpha value is -1.33. The molecule has 0 radical (unpaired) electrons. The van der Waals surface area contributed by atoms with Crippen LogP contribution in [-0.4, -0.2) is 39.9 Å². The van der Waals surface area contributed by atoms with E-state index in [-0.39, 0.29) is 11.5 Å². The van der Waals surface area contributed by atoms with Gasteiger partial charge in [0.05, 0.1) is 0 Å². The van der Waals surface area contributed by atoms with Crippen LogP contribution in [0.15, 0.2) is 23.7 Å². The van der Waals surface area contributed by atoms with E-state index in [2.05, 4.69) is 0 Å². The van der Waals surface area contributed by atoms with Gasteiger partial charge in [-0.15, -0.1) is 0 Å². The van der Waals surface area contributed by atoms with Crippen LogP contribution in [0.2, 0.25) is 0 Å². The van der Waals surface area contributed by atoms with Crippen molar-refractivity contribution in [3.8, 4) is 0 Å². The zero-order valence-electron chi connectivity index (χ0n) is 7.89. The molecule has 0 heterocycles.